The van der Waals surface area contributed by atoms with E-state index in [2.05, 4.69) is 47.3 Å². The Kier molecular flexibility index (Phi) is 3.73. The normalized spacial score (nSPS) is 10.7. The van der Waals surface area contributed by atoms with Crippen LogP contribution in [-0.4, -0.2) is 18.6 Å². The molecular formula is C18H19N3. The van der Waals surface area contributed by atoms with Crippen LogP contribution < -0.4 is 10.6 Å². The Bertz CT molecular complexity index is 738. The molecule has 106 valence electrons. The number of anilines is 2. The lowest BCUT2D eigenvalue weighted by atomic mass is 10.1. The van der Waals surface area contributed by atoms with Gasteiger partial charge in [0.05, 0.1) is 5.52 Å². The van der Waals surface area contributed by atoms with Gasteiger partial charge in [0.25, 0.3) is 0 Å². The summed E-state index contributed by atoms with van der Waals surface area (Å²) in [5.41, 5.74) is 10.1. The van der Waals surface area contributed by atoms with Gasteiger partial charge in [-0.1, -0.05) is 30.3 Å². The molecular weight excluding hydrogens is 258 g/mol. The van der Waals surface area contributed by atoms with Crippen LogP contribution in [0, 0.1) is 0 Å². The number of aromatic nitrogens is 1. The molecule has 3 heteroatoms. The van der Waals surface area contributed by atoms with Gasteiger partial charge in [-0.25, -0.2) is 0 Å². The molecule has 0 saturated carbocycles. The van der Waals surface area contributed by atoms with Gasteiger partial charge in [-0.15, -0.1) is 0 Å². The first-order chi connectivity index (χ1) is 10.2. The second-order valence-corrected chi connectivity index (χ2v) is 5.26. The monoisotopic (exact) mass is 277 g/mol. The van der Waals surface area contributed by atoms with Crippen molar-refractivity contribution in [3.63, 3.8) is 0 Å². The highest BCUT2D eigenvalue weighted by Crippen LogP contribution is 2.26. The Balaban J connectivity index is 1.83. The first-order valence-corrected chi connectivity index (χ1v) is 7.13. The predicted octanol–water partition coefficient (Wildman–Crippen LogP) is 3.50. The second-order valence-electron chi connectivity index (χ2n) is 5.26. The van der Waals surface area contributed by atoms with E-state index in [-0.39, 0.29) is 0 Å². The third-order valence-corrected chi connectivity index (χ3v) is 3.73. The number of hydrogen-bond acceptors (Lipinski definition) is 3. The molecule has 3 rings (SSSR count). The third kappa shape index (κ3) is 2.97. The van der Waals surface area contributed by atoms with E-state index in [1.165, 1.54) is 11.3 Å². The number of rotatable bonds is 4. The summed E-state index contributed by atoms with van der Waals surface area (Å²) in [5.74, 6) is 0. The molecule has 0 aliphatic rings. The molecule has 0 fully saturated rings. The van der Waals surface area contributed by atoms with Gasteiger partial charge in [-0.05, 0) is 36.2 Å². The van der Waals surface area contributed by atoms with Crippen molar-refractivity contribution in [2.24, 2.45) is 0 Å². The molecule has 0 unspecified atom stereocenters. The number of hydrogen-bond donors (Lipinski definition) is 1. The van der Waals surface area contributed by atoms with Crippen molar-refractivity contribution >= 4 is 22.3 Å². The zero-order valence-corrected chi connectivity index (χ0v) is 12.2. The van der Waals surface area contributed by atoms with Crippen molar-refractivity contribution in [1.29, 1.82) is 0 Å². The van der Waals surface area contributed by atoms with E-state index in [0.29, 0.717) is 0 Å². The minimum absolute atomic E-state index is 0.749. The largest absolute Gasteiger partial charge is 0.399 e. The fourth-order valence-corrected chi connectivity index (χ4v) is 2.54. The zero-order valence-electron chi connectivity index (χ0n) is 12.2. The van der Waals surface area contributed by atoms with E-state index in [0.717, 1.165) is 29.6 Å². The molecule has 0 amide bonds. The van der Waals surface area contributed by atoms with Gasteiger partial charge in [0.1, 0.15) is 0 Å². The minimum atomic E-state index is 0.749. The van der Waals surface area contributed by atoms with Crippen molar-refractivity contribution in [3.05, 3.63) is 66.4 Å². The molecule has 0 saturated heterocycles. The Morgan fingerprint density at radius 1 is 1.05 bits per heavy atom. The molecule has 0 atom stereocenters. The Labute approximate surface area is 125 Å². The van der Waals surface area contributed by atoms with E-state index in [1.54, 1.807) is 0 Å². The number of benzene rings is 2. The van der Waals surface area contributed by atoms with Crippen LogP contribution in [0.2, 0.25) is 0 Å². The standard InChI is InChI=1S/C18H19N3/c1-21(12-10-14-5-3-2-4-6-14)18-9-11-20-17-13-15(19)7-8-16(17)18/h2-9,11,13H,10,12,19H2,1H3. The summed E-state index contributed by atoms with van der Waals surface area (Å²) in [6.07, 6.45) is 2.87. The molecule has 2 aromatic carbocycles. The van der Waals surface area contributed by atoms with Crippen LogP contribution in [0.15, 0.2) is 60.8 Å². The Hall–Kier alpha value is -2.55. The highest BCUT2D eigenvalue weighted by Gasteiger charge is 2.07. The number of nitrogens with zero attached hydrogens (tertiary/aromatic N) is 2. The van der Waals surface area contributed by atoms with Crippen LogP contribution in [0.1, 0.15) is 5.56 Å². The van der Waals surface area contributed by atoms with Crippen molar-refractivity contribution in [3.8, 4) is 0 Å². The first-order valence-electron chi connectivity index (χ1n) is 7.13. The first kappa shape index (κ1) is 13.4. The number of nitrogen functional groups attached to an aromatic ring is 1. The van der Waals surface area contributed by atoms with E-state index in [4.69, 9.17) is 5.73 Å². The van der Waals surface area contributed by atoms with E-state index in [9.17, 15) is 0 Å². The number of pyridine rings is 1. The maximum atomic E-state index is 5.83. The smallest absolute Gasteiger partial charge is 0.0743 e. The number of nitrogens with two attached hydrogens (primary N) is 1. The summed E-state index contributed by atoms with van der Waals surface area (Å²) < 4.78 is 0. The molecule has 0 aliphatic carbocycles. The summed E-state index contributed by atoms with van der Waals surface area (Å²) >= 11 is 0. The summed E-state index contributed by atoms with van der Waals surface area (Å²) in [7, 11) is 2.12. The van der Waals surface area contributed by atoms with Crippen LogP contribution in [0.25, 0.3) is 10.9 Å². The Morgan fingerprint density at radius 2 is 1.86 bits per heavy atom. The topological polar surface area (TPSA) is 42.2 Å². The number of likely N-dealkylation sites (N-methyl/N-ethyl adjacent to an activating group) is 1. The fraction of sp³-hybridized carbons (Fsp3) is 0.167. The van der Waals surface area contributed by atoms with Gasteiger partial charge >= 0.3 is 0 Å². The summed E-state index contributed by atoms with van der Waals surface area (Å²) in [6.45, 7) is 0.966. The van der Waals surface area contributed by atoms with Gasteiger partial charge in [0.2, 0.25) is 0 Å². The predicted molar refractivity (Wildman–Crippen MR) is 89.6 cm³/mol. The fourth-order valence-electron chi connectivity index (χ4n) is 2.54. The molecule has 0 spiro atoms. The third-order valence-electron chi connectivity index (χ3n) is 3.73. The maximum absolute atomic E-state index is 5.83. The average Bonchev–Trinajstić information content (AvgIpc) is 2.52. The van der Waals surface area contributed by atoms with Crippen LogP contribution >= 0.6 is 0 Å². The van der Waals surface area contributed by atoms with Crippen LogP contribution in [0.5, 0.6) is 0 Å². The lowest BCUT2D eigenvalue weighted by molar-refractivity contribution is 0.879. The molecule has 0 radical (unpaired) electrons. The highest BCUT2D eigenvalue weighted by atomic mass is 15.1. The molecule has 2 N–H and O–H groups in total. The molecule has 1 aromatic heterocycles. The SMILES string of the molecule is CN(CCc1ccccc1)c1ccnc2cc(N)ccc12. The van der Waals surface area contributed by atoms with Crippen molar-refractivity contribution < 1.29 is 0 Å². The lowest BCUT2D eigenvalue weighted by Crippen LogP contribution is -2.20. The van der Waals surface area contributed by atoms with Crippen LogP contribution in [-0.2, 0) is 6.42 Å². The second kappa shape index (κ2) is 5.83. The van der Waals surface area contributed by atoms with Gasteiger partial charge in [0, 0.05) is 36.6 Å². The van der Waals surface area contributed by atoms with Crippen molar-refractivity contribution in [2.45, 2.75) is 6.42 Å². The van der Waals surface area contributed by atoms with E-state index >= 15 is 0 Å². The highest BCUT2D eigenvalue weighted by molar-refractivity contribution is 5.93. The lowest BCUT2D eigenvalue weighted by Gasteiger charge is -2.21. The molecule has 3 aromatic rings. The van der Waals surface area contributed by atoms with Crippen molar-refractivity contribution in [2.75, 3.05) is 24.2 Å². The molecule has 1 heterocycles. The average molecular weight is 277 g/mol. The molecule has 0 aliphatic heterocycles. The van der Waals surface area contributed by atoms with Gasteiger partial charge in [0.15, 0.2) is 0 Å². The zero-order chi connectivity index (χ0) is 14.7. The van der Waals surface area contributed by atoms with Gasteiger partial charge in [-0.3, -0.25) is 4.98 Å². The number of fused-ring (bicyclic) bond motifs is 1. The minimum Gasteiger partial charge on any atom is -0.399 e. The van der Waals surface area contributed by atoms with E-state index < -0.39 is 0 Å². The van der Waals surface area contributed by atoms with Crippen LogP contribution in [0.3, 0.4) is 0 Å². The van der Waals surface area contributed by atoms with Gasteiger partial charge < -0.3 is 10.6 Å². The van der Waals surface area contributed by atoms with E-state index in [1.807, 2.05) is 30.5 Å². The summed E-state index contributed by atoms with van der Waals surface area (Å²) in [5, 5.41) is 1.14. The molecule has 0 bridgehead atoms. The quantitative estimate of drug-likeness (QED) is 0.742. The van der Waals surface area contributed by atoms with Crippen LogP contribution in [0.4, 0.5) is 11.4 Å². The summed E-state index contributed by atoms with van der Waals surface area (Å²) in [4.78, 5) is 6.67. The Morgan fingerprint density at radius 3 is 2.67 bits per heavy atom. The summed E-state index contributed by atoms with van der Waals surface area (Å²) in [6, 6.07) is 18.5. The maximum Gasteiger partial charge on any atom is 0.0743 e. The molecule has 21 heavy (non-hydrogen) atoms. The van der Waals surface area contributed by atoms with Crippen molar-refractivity contribution in [1.82, 2.24) is 4.98 Å². The molecule has 3 nitrogen and oxygen atoms in total. The van der Waals surface area contributed by atoms with Gasteiger partial charge in [-0.2, -0.15) is 0 Å².